The number of carbonyl (C=O) groups is 3. The highest BCUT2D eigenvalue weighted by molar-refractivity contribution is 6.29. The van der Waals surface area contributed by atoms with Crippen LogP contribution in [0.2, 0.25) is 0 Å². The van der Waals surface area contributed by atoms with Gasteiger partial charge < -0.3 is 20.2 Å². The highest BCUT2D eigenvalue weighted by atomic mass is 16.3. The van der Waals surface area contributed by atoms with Crippen molar-refractivity contribution in [2.45, 2.75) is 30.6 Å². The lowest BCUT2D eigenvalue weighted by Gasteiger charge is -2.48. The van der Waals surface area contributed by atoms with E-state index in [1.807, 2.05) is 0 Å². The summed E-state index contributed by atoms with van der Waals surface area (Å²) in [5.74, 6) is -4.41. The summed E-state index contributed by atoms with van der Waals surface area (Å²) in [6.45, 7) is 0. The van der Waals surface area contributed by atoms with Crippen LogP contribution in [0.1, 0.15) is 12.8 Å². The Bertz CT molecular complexity index is 597. The van der Waals surface area contributed by atoms with Crippen LogP contribution in [0.3, 0.4) is 0 Å². The molecule has 1 amide bonds. The van der Waals surface area contributed by atoms with Gasteiger partial charge in [0, 0.05) is 20.5 Å². The van der Waals surface area contributed by atoms with Crippen molar-refractivity contribution in [1.82, 2.24) is 9.80 Å². The molecule has 0 bridgehead atoms. The zero-order chi connectivity index (χ0) is 17.7. The number of amides is 1. The Hall–Kier alpha value is -1.77. The molecule has 0 radical (unpaired) electrons. The Morgan fingerprint density at radius 2 is 1.78 bits per heavy atom. The number of hydrogen-bond acceptors (Lipinski definition) is 7. The Morgan fingerprint density at radius 1 is 1.22 bits per heavy atom. The van der Waals surface area contributed by atoms with Crippen molar-refractivity contribution in [3.8, 4) is 0 Å². The van der Waals surface area contributed by atoms with Crippen LogP contribution in [0.5, 0.6) is 0 Å². The highest BCUT2D eigenvalue weighted by Crippen LogP contribution is 2.43. The topological polar surface area (TPSA) is 118 Å². The van der Waals surface area contributed by atoms with Gasteiger partial charge in [-0.15, -0.1) is 0 Å². The van der Waals surface area contributed by atoms with Gasteiger partial charge in [-0.2, -0.15) is 0 Å². The predicted molar refractivity (Wildman–Crippen MR) is 79.5 cm³/mol. The summed E-state index contributed by atoms with van der Waals surface area (Å²) in [7, 11) is 5.93. The number of hydrogen-bond donors (Lipinski definition) is 3. The normalized spacial score (nSPS) is 34.7. The number of fused-ring (bicyclic) bond motifs is 1. The molecule has 0 aromatic heterocycles. The first-order valence-electron chi connectivity index (χ1n) is 7.34. The molecule has 0 aliphatic heterocycles. The second kappa shape index (κ2) is 5.70. The van der Waals surface area contributed by atoms with Crippen LogP contribution in [0.25, 0.3) is 0 Å². The van der Waals surface area contributed by atoms with Crippen LogP contribution in [0.15, 0.2) is 11.3 Å². The molecule has 0 saturated heterocycles. The van der Waals surface area contributed by atoms with E-state index in [1.165, 1.54) is 19.0 Å². The highest BCUT2D eigenvalue weighted by Gasteiger charge is 2.64. The molecule has 1 fully saturated rings. The van der Waals surface area contributed by atoms with E-state index in [0.29, 0.717) is 0 Å². The molecule has 2 aliphatic carbocycles. The molecule has 0 heterocycles. The molecule has 4 atom stereocenters. The molecule has 3 unspecified atom stereocenters. The van der Waals surface area contributed by atoms with E-state index in [2.05, 4.69) is 0 Å². The molecule has 23 heavy (non-hydrogen) atoms. The van der Waals surface area contributed by atoms with Crippen LogP contribution < -0.4 is 0 Å². The minimum atomic E-state index is -2.50. The molecule has 1 saturated carbocycles. The van der Waals surface area contributed by atoms with Crippen molar-refractivity contribution in [3.63, 3.8) is 0 Å². The maximum absolute atomic E-state index is 12.7. The van der Waals surface area contributed by atoms with Crippen molar-refractivity contribution < 1.29 is 29.7 Å². The largest absolute Gasteiger partial charge is 0.510 e. The molecule has 128 valence electrons. The summed E-state index contributed by atoms with van der Waals surface area (Å²) in [6, 6.07) is -1.02. The maximum Gasteiger partial charge on any atom is 0.260 e. The summed E-state index contributed by atoms with van der Waals surface area (Å²) in [4.78, 5) is 39.8. The molecule has 2 aliphatic rings. The van der Waals surface area contributed by atoms with E-state index < -0.39 is 52.5 Å². The predicted octanol–water partition coefficient (Wildman–Crippen LogP) is -1.53. The van der Waals surface area contributed by atoms with Gasteiger partial charge in [-0.1, -0.05) is 0 Å². The lowest BCUT2D eigenvalue weighted by Crippen LogP contribution is -2.68. The maximum atomic E-state index is 12.7. The quantitative estimate of drug-likeness (QED) is 0.416. The van der Waals surface area contributed by atoms with Crippen LogP contribution in [0, 0.1) is 5.92 Å². The van der Waals surface area contributed by atoms with Gasteiger partial charge in [0.05, 0.1) is 18.1 Å². The van der Waals surface area contributed by atoms with Gasteiger partial charge in [-0.25, -0.2) is 0 Å². The first-order valence-corrected chi connectivity index (χ1v) is 7.34. The second-order valence-electron chi connectivity index (χ2n) is 6.52. The first-order chi connectivity index (χ1) is 10.5. The zero-order valence-corrected chi connectivity index (χ0v) is 13.6. The third-order valence-corrected chi connectivity index (χ3v) is 4.62. The summed E-state index contributed by atoms with van der Waals surface area (Å²) < 4.78 is 0. The zero-order valence-electron chi connectivity index (χ0n) is 13.6. The Kier molecular flexibility index (Phi) is 4.36. The Balaban J connectivity index is 2.73. The van der Waals surface area contributed by atoms with E-state index in [4.69, 9.17) is 0 Å². The van der Waals surface area contributed by atoms with Crippen LogP contribution in [-0.2, 0) is 14.4 Å². The third-order valence-electron chi connectivity index (χ3n) is 4.62. The standard InChI is InChI=1S/C15H22N2O6/c1-16(2)11-10-7(18)5-6-8(19)15(10,23)13(21)9(12(11)20)14(22)17(3)4/h7,10-11,18,20,23H,5-6H2,1-4H3/t7?,10?,11?,15-/m1/s1. The van der Waals surface area contributed by atoms with E-state index >= 15 is 0 Å². The molecular weight excluding hydrogens is 304 g/mol. The molecule has 8 heteroatoms. The minimum Gasteiger partial charge on any atom is -0.510 e. The van der Waals surface area contributed by atoms with Gasteiger partial charge in [0.15, 0.2) is 11.4 Å². The number of ketones is 2. The SMILES string of the molecule is CN(C)C(=O)C1=C(O)C(N(C)C)C2C(O)CCC(=O)[C@]2(O)C1=O. The van der Waals surface area contributed by atoms with Crippen LogP contribution in [-0.4, -0.2) is 88.5 Å². The summed E-state index contributed by atoms with van der Waals surface area (Å²) >= 11 is 0. The number of nitrogens with zero attached hydrogens (tertiary/aromatic N) is 2. The smallest absolute Gasteiger partial charge is 0.260 e. The second-order valence-corrected chi connectivity index (χ2v) is 6.52. The van der Waals surface area contributed by atoms with Crippen LogP contribution >= 0.6 is 0 Å². The molecule has 0 spiro atoms. The lowest BCUT2D eigenvalue weighted by atomic mass is 9.62. The monoisotopic (exact) mass is 326 g/mol. The van der Waals surface area contributed by atoms with Crippen molar-refractivity contribution in [1.29, 1.82) is 0 Å². The van der Waals surface area contributed by atoms with Gasteiger partial charge in [-0.05, 0) is 20.5 Å². The van der Waals surface area contributed by atoms with Crippen molar-refractivity contribution in [2.24, 2.45) is 5.92 Å². The molecule has 3 N–H and O–H groups in total. The Labute approximate surface area is 134 Å². The summed E-state index contributed by atoms with van der Waals surface area (Å²) in [6.07, 6.45) is -1.22. The first kappa shape index (κ1) is 17.6. The average Bonchev–Trinajstić information content (AvgIpc) is 2.45. The van der Waals surface area contributed by atoms with Crippen molar-refractivity contribution in [3.05, 3.63) is 11.3 Å². The molecule has 0 aromatic rings. The van der Waals surface area contributed by atoms with Gasteiger partial charge in [-0.3, -0.25) is 19.3 Å². The molecule has 8 nitrogen and oxygen atoms in total. The fourth-order valence-corrected chi connectivity index (χ4v) is 3.45. The lowest BCUT2D eigenvalue weighted by molar-refractivity contribution is -0.175. The van der Waals surface area contributed by atoms with Crippen LogP contribution in [0.4, 0.5) is 0 Å². The van der Waals surface area contributed by atoms with Gasteiger partial charge in [0.2, 0.25) is 5.78 Å². The molecule has 2 rings (SSSR count). The van der Waals surface area contributed by atoms with Crippen molar-refractivity contribution >= 4 is 17.5 Å². The fraction of sp³-hybridized carbons (Fsp3) is 0.667. The number of aliphatic hydroxyl groups excluding tert-OH is 2. The average molecular weight is 326 g/mol. The number of aliphatic hydroxyl groups is 3. The fourth-order valence-electron chi connectivity index (χ4n) is 3.45. The van der Waals surface area contributed by atoms with Gasteiger partial charge in [0.25, 0.3) is 5.91 Å². The molecular formula is C15H22N2O6. The number of rotatable bonds is 2. The number of carbonyl (C=O) groups excluding carboxylic acids is 3. The van der Waals surface area contributed by atoms with Gasteiger partial charge in [0.1, 0.15) is 11.3 Å². The number of likely N-dealkylation sites (N-methyl/N-ethyl adjacent to an activating group) is 2. The van der Waals surface area contributed by atoms with E-state index in [-0.39, 0.29) is 12.8 Å². The van der Waals surface area contributed by atoms with E-state index in [9.17, 15) is 29.7 Å². The summed E-state index contributed by atoms with van der Waals surface area (Å²) in [5, 5.41) is 31.6. The van der Waals surface area contributed by atoms with Crippen molar-refractivity contribution in [2.75, 3.05) is 28.2 Å². The minimum absolute atomic E-state index is 0.0909. The van der Waals surface area contributed by atoms with E-state index in [0.717, 1.165) is 4.90 Å². The van der Waals surface area contributed by atoms with E-state index in [1.54, 1.807) is 14.1 Å². The third kappa shape index (κ3) is 2.37. The Morgan fingerprint density at radius 3 is 2.26 bits per heavy atom. The van der Waals surface area contributed by atoms with Gasteiger partial charge >= 0.3 is 0 Å². The number of Topliss-reactive ketones (excluding diaryl/α,β-unsaturated/α-hetero) is 2. The summed E-state index contributed by atoms with van der Waals surface area (Å²) in [5.41, 5.74) is -3.10. The molecule has 0 aromatic carbocycles.